The van der Waals surface area contributed by atoms with Crippen LogP contribution < -0.4 is 11.1 Å². The van der Waals surface area contributed by atoms with E-state index < -0.39 is 0 Å². The molecule has 1 saturated carbocycles. The van der Waals surface area contributed by atoms with Gasteiger partial charge in [-0.2, -0.15) is 0 Å². The number of hydrogen-bond donors (Lipinski definition) is 2. The molecule has 2 rings (SSSR count). The van der Waals surface area contributed by atoms with E-state index in [0.717, 1.165) is 0 Å². The third-order valence-electron chi connectivity index (χ3n) is 3.49. The Balaban J connectivity index is 0.00000200. The maximum atomic E-state index is 11.9. The molecule has 1 aromatic carbocycles. The minimum atomic E-state index is 0. The Hall–Kier alpha value is -0.710. The summed E-state index contributed by atoms with van der Waals surface area (Å²) in [5.41, 5.74) is 8.14. The Labute approximate surface area is 131 Å². The number of aryl methyl sites for hydroxylation is 2. The molecule has 0 saturated heterocycles. The molecule has 3 N–H and O–H groups in total. The maximum absolute atomic E-state index is 11.9. The molecule has 3 nitrogen and oxygen atoms in total. The lowest BCUT2D eigenvalue weighted by Gasteiger charge is -2.16. The standard InChI is InChI=1S/C15H22N2OS.ClH/c1-10-3-4-11(2)14(7-10)19-9-15(18)17-13(8-16)12-5-6-12;/h3-4,7,12-13H,5-6,8-9,16H2,1-2H3,(H,17,18);1H. The van der Waals surface area contributed by atoms with Crippen molar-refractivity contribution >= 4 is 30.1 Å². The molecule has 1 atom stereocenters. The summed E-state index contributed by atoms with van der Waals surface area (Å²) in [7, 11) is 0. The van der Waals surface area contributed by atoms with Crippen LogP contribution in [0.25, 0.3) is 0 Å². The predicted molar refractivity (Wildman–Crippen MR) is 87.6 cm³/mol. The van der Waals surface area contributed by atoms with Crippen molar-refractivity contribution < 1.29 is 4.79 Å². The van der Waals surface area contributed by atoms with E-state index >= 15 is 0 Å². The van der Waals surface area contributed by atoms with Crippen molar-refractivity contribution in [1.29, 1.82) is 0 Å². The minimum Gasteiger partial charge on any atom is -0.351 e. The van der Waals surface area contributed by atoms with E-state index in [1.165, 1.54) is 28.9 Å². The van der Waals surface area contributed by atoms with Crippen molar-refractivity contribution in [2.45, 2.75) is 37.6 Å². The molecule has 0 radical (unpaired) electrons. The second-order valence-corrected chi connectivity index (χ2v) is 6.32. The van der Waals surface area contributed by atoms with Crippen LogP contribution in [0, 0.1) is 19.8 Å². The summed E-state index contributed by atoms with van der Waals surface area (Å²) in [5, 5.41) is 3.05. The highest BCUT2D eigenvalue weighted by atomic mass is 35.5. The van der Waals surface area contributed by atoms with Crippen molar-refractivity contribution in [1.82, 2.24) is 5.32 Å². The van der Waals surface area contributed by atoms with Gasteiger partial charge in [-0.15, -0.1) is 24.2 Å². The number of nitrogens with two attached hydrogens (primary N) is 1. The first kappa shape index (κ1) is 17.3. The van der Waals surface area contributed by atoms with E-state index in [2.05, 4.69) is 37.4 Å². The Morgan fingerprint density at radius 2 is 2.15 bits per heavy atom. The number of hydrogen-bond acceptors (Lipinski definition) is 3. The highest BCUT2D eigenvalue weighted by Gasteiger charge is 2.31. The summed E-state index contributed by atoms with van der Waals surface area (Å²) in [4.78, 5) is 13.1. The van der Waals surface area contributed by atoms with Crippen LogP contribution in [0.1, 0.15) is 24.0 Å². The molecule has 5 heteroatoms. The van der Waals surface area contributed by atoms with Gasteiger partial charge in [0.1, 0.15) is 0 Å². The van der Waals surface area contributed by atoms with E-state index in [4.69, 9.17) is 5.73 Å². The molecule has 20 heavy (non-hydrogen) atoms. The maximum Gasteiger partial charge on any atom is 0.230 e. The fourth-order valence-corrected chi connectivity index (χ4v) is 3.06. The SMILES string of the molecule is Cc1ccc(C)c(SCC(=O)NC(CN)C2CC2)c1.Cl. The lowest BCUT2D eigenvalue weighted by atomic mass is 10.2. The normalized spacial score (nSPS) is 15.3. The van der Waals surface area contributed by atoms with Crippen LogP contribution in [0.5, 0.6) is 0 Å². The smallest absolute Gasteiger partial charge is 0.230 e. The van der Waals surface area contributed by atoms with Crippen LogP contribution in [-0.2, 0) is 4.79 Å². The zero-order valence-corrected chi connectivity index (χ0v) is 13.7. The Kier molecular flexibility index (Phi) is 6.86. The van der Waals surface area contributed by atoms with Crippen LogP contribution in [-0.4, -0.2) is 24.2 Å². The number of carbonyl (C=O) groups is 1. The first-order valence-corrected chi connectivity index (χ1v) is 7.78. The summed E-state index contributed by atoms with van der Waals surface area (Å²) >= 11 is 1.60. The quantitative estimate of drug-likeness (QED) is 0.794. The van der Waals surface area contributed by atoms with Crippen LogP contribution in [0.2, 0.25) is 0 Å². The zero-order valence-electron chi connectivity index (χ0n) is 12.0. The number of thioether (sulfide) groups is 1. The average molecular weight is 315 g/mol. The van der Waals surface area contributed by atoms with Gasteiger partial charge in [-0.3, -0.25) is 4.79 Å². The van der Waals surface area contributed by atoms with E-state index in [9.17, 15) is 4.79 Å². The molecular weight excluding hydrogens is 292 g/mol. The molecule has 1 amide bonds. The summed E-state index contributed by atoms with van der Waals surface area (Å²) in [5.74, 6) is 1.17. The largest absolute Gasteiger partial charge is 0.351 e. The molecule has 0 aromatic heterocycles. The van der Waals surface area contributed by atoms with E-state index in [-0.39, 0.29) is 24.4 Å². The molecule has 0 aliphatic heterocycles. The van der Waals surface area contributed by atoms with E-state index in [0.29, 0.717) is 18.2 Å². The van der Waals surface area contributed by atoms with Crippen molar-refractivity contribution in [3.63, 3.8) is 0 Å². The van der Waals surface area contributed by atoms with E-state index in [1.54, 1.807) is 11.8 Å². The van der Waals surface area contributed by atoms with Crippen molar-refractivity contribution in [3.8, 4) is 0 Å². The average Bonchev–Trinajstić information content (AvgIpc) is 3.21. The van der Waals surface area contributed by atoms with Crippen LogP contribution in [0.3, 0.4) is 0 Å². The first-order valence-electron chi connectivity index (χ1n) is 6.79. The molecule has 0 spiro atoms. The van der Waals surface area contributed by atoms with Gasteiger partial charge in [0.25, 0.3) is 0 Å². The van der Waals surface area contributed by atoms with Gasteiger partial charge < -0.3 is 11.1 Å². The van der Waals surface area contributed by atoms with Gasteiger partial charge in [0.15, 0.2) is 0 Å². The molecular formula is C15H23ClN2OS. The molecule has 1 fully saturated rings. The molecule has 112 valence electrons. The Morgan fingerprint density at radius 1 is 1.45 bits per heavy atom. The summed E-state index contributed by atoms with van der Waals surface area (Å²) in [6, 6.07) is 6.50. The number of benzene rings is 1. The van der Waals surface area contributed by atoms with Gasteiger partial charge in [0.05, 0.1) is 5.75 Å². The van der Waals surface area contributed by atoms with Gasteiger partial charge in [-0.1, -0.05) is 17.7 Å². The lowest BCUT2D eigenvalue weighted by molar-refractivity contribution is -0.119. The second-order valence-electron chi connectivity index (χ2n) is 5.30. The number of carbonyl (C=O) groups excluding carboxylic acids is 1. The first-order chi connectivity index (χ1) is 9.10. The minimum absolute atomic E-state index is 0. The Morgan fingerprint density at radius 3 is 2.75 bits per heavy atom. The van der Waals surface area contributed by atoms with Crippen LogP contribution in [0.4, 0.5) is 0 Å². The molecule has 1 aliphatic carbocycles. The predicted octanol–water partition coefficient (Wildman–Crippen LogP) is 2.67. The third kappa shape index (κ3) is 5.00. The highest BCUT2D eigenvalue weighted by Crippen LogP contribution is 2.32. The molecule has 1 aliphatic rings. The van der Waals surface area contributed by atoms with Gasteiger partial charge >= 0.3 is 0 Å². The van der Waals surface area contributed by atoms with Gasteiger partial charge in [0.2, 0.25) is 5.91 Å². The molecule has 1 unspecified atom stereocenters. The second kappa shape index (κ2) is 7.91. The van der Waals surface area contributed by atoms with Crippen molar-refractivity contribution in [2.24, 2.45) is 11.7 Å². The summed E-state index contributed by atoms with van der Waals surface area (Å²) in [6.07, 6.45) is 2.40. The monoisotopic (exact) mass is 314 g/mol. The van der Waals surface area contributed by atoms with Gasteiger partial charge in [-0.25, -0.2) is 0 Å². The summed E-state index contributed by atoms with van der Waals surface area (Å²) in [6.45, 7) is 4.69. The zero-order chi connectivity index (χ0) is 13.8. The van der Waals surface area contributed by atoms with Crippen molar-refractivity contribution in [2.75, 3.05) is 12.3 Å². The number of halogens is 1. The number of nitrogens with one attached hydrogen (secondary N) is 1. The van der Waals surface area contributed by atoms with Crippen LogP contribution >= 0.6 is 24.2 Å². The lowest BCUT2D eigenvalue weighted by Crippen LogP contribution is -2.42. The third-order valence-corrected chi connectivity index (χ3v) is 4.65. The topological polar surface area (TPSA) is 55.1 Å². The van der Waals surface area contributed by atoms with E-state index in [1.807, 2.05) is 0 Å². The van der Waals surface area contributed by atoms with Crippen LogP contribution in [0.15, 0.2) is 23.1 Å². The van der Waals surface area contributed by atoms with Gasteiger partial charge in [-0.05, 0) is 44.2 Å². The Bertz CT molecular complexity index is 463. The number of amides is 1. The highest BCUT2D eigenvalue weighted by molar-refractivity contribution is 8.00. The van der Waals surface area contributed by atoms with Gasteiger partial charge in [0, 0.05) is 17.5 Å². The number of rotatable bonds is 6. The van der Waals surface area contributed by atoms with Crippen molar-refractivity contribution in [3.05, 3.63) is 29.3 Å². The fraction of sp³-hybridized carbons (Fsp3) is 0.533. The molecule has 0 bridgehead atoms. The molecule has 0 heterocycles. The fourth-order valence-electron chi connectivity index (χ4n) is 2.12. The summed E-state index contributed by atoms with van der Waals surface area (Å²) < 4.78 is 0. The molecule has 1 aromatic rings.